The van der Waals surface area contributed by atoms with Crippen LogP contribution in [0.15, 0.2) is 30.7 Å². The molecule has 3 aromatic rings. The summed E-state index contributed by atoms with van der Waals surface area (Å²) in [5.74, 6) is 0.0802. The summed E-state index contributed by atoms with van der Waals surface area (Å²) in [6, 6.07) is 3.30. The lowest BCUT2D eigenvalue weighted by molar-refractivity contribution is 0.0894. The number of aromatic nitrogens is 4. The normalized spacial score (nSPS) is 11.0. The van der Waals surface area contributed by atoms with Crippen LogP contribution in [-0.2, 0) is 7.05 Å². The number of anilines is 2. The van der Waals surface area contributed by atoms with Crippen molar-refractivity contribution in [2.24, 2.45) is 7.05 Å². The molecule has 21 heavy (non-hydrogen) atoms. The van der Waals surface area contributed by atoms with Crippen LogP contribution in [0, 0.1) is 0 Å². The number of hydrogen-bond acceptors (Lipinski definition) is 5. The SMILES string of the molecule is Cn1nc(Nc2cc(Cl)cn3ccnc23)cc1C(=O)CO. The lowest BCUT2D eigenvalue weighted by Crippen LogP contribution is -2.10. The minimum Gasteiger partial charge on any atom is -0.388 e. The van der Waals surface area contributed by atoms with E-state index in [0.717, 1.165) is 0 Å². The van der Waals surface area contributed by atoms with Crippen molar-refractivity contribution in [3.8, 4) is 0 Å². The molecule has 0 aliphatic carbocycles. The number of rotatable bonds is 4. The minimum atomic E-state index is -0.555. The fourth-order valence-electron chi connectivity index (χ4n) is 2.10. The average molecular weight is 306 g/mol. The second-order valence-electron chi connectivity index (χ2n) is 4.47. The lowest BCUT2D eigenvalue weighted by Gasteiger charge is -2.05. The van der Waals surface area contributed by atoms with E-state index in [1.54, 1.807) is 42.2 Å². The van der Waals surface area contributed by atoms with Crippen LogP contribution in [0.3, 0.4) is 0 Å². The van der Waals surface area contributed by atoms with Crippen molar-refractivity contribution in [1.82, 2.24) is 19.2 Å². The van der Waals surface area contributed by atoms with Crippen LogP contribution in [0.1, 0.15) is 10.5 Å². The molecule has 0 aliphatic heterocycles. The highest BCUT2D eigenvalue weighted by atomic mass is 35.5. The van der Waals surface area contributed by atoms with Crippen molar-refractivity contribution < 1.29 is 9.90 Å². The molecule has 2 N–H and O–H groups in total. The van der Waals surface area contributed by atoms with Crippen molar-refractivity contribution in [2.45, 2.75) is 0 Å². The van der Waals surface area contributed by atoms with E-state index >= 15 is 0 Å². The first-order valence-corrected chi connectivity index (χ1v) is 6.53. The number of fused-ring (bicyclic) bond motifs is 1. The van der Waals surface area contributed by atoms with E-state index in [0.29, 0.717) is 27.9 Å². The maximum atomic E-state index is 11.5. The first-order chi connectivity index (χ1) is 10.1. The Morgan fingerprint density at radius 2 is 2.29 bits per heavy atom. The Hall–Kier alpha value is -2.38. The maximum absolute atomic E-state index is 11.5. The molecule has 3 rings (SSSR count). The zero-order valence-electron chi connectivity index (χ0n) is 11.1. The van der Waals surface area contributed by atoms with Gasteiger partial charge in [-0.15, -0.1) is 0 Å². The van der Waals surface area contributed by atoms with E-state index in [9.17, 15) is 4.79 Å². The van der Waals surface area contributed by atoms with Gasteiger partial charge in [0.15, 0.2) is 11.5 Å². The van der Waals surface area contributed by atoms with Gasteiger partial charge in [0, 0.05) is 31.7 Å². The van der Waals surface area contributed by atoms with Crippen molar-refractivity contribution in [3.05, 3.63) is 41.4 Å². The van der Waals surface area contributed by atoms with Gasteiger partial charge in [0.05, 0.1) is 10.7 Å². The molecule has 0 saturated heterocycles. The average Bonchev–Trinajstić information content (AvgIpc) is 3.04. The molecular weight excluding hydrogens is 294 g/mol. The minimum absolute atomic E-state index is 0.321. The number of imidazole rings is 1. The fourth-order valence-corrected chi connectivity index (χ4v) is 2.31. The molecule has 0 aromatic carbocycles. The highest BCUT2D eigenvalue weighted by molar-refractivity contribution is 6.30. The predicted molar refractivity (Wildman–Crippen MR) is 78.1 cm³/mol. The van der Waals surface area contributed by atoms with E-state index in [4.69, 9.17) is 16.7 Å². The Kier molecular flexibility index (Phi) is 3.36. The Bertz CT molecular complexity index is 823. The van der Waals surface area contributed by atoms with Gasteiger partial charge >= 0.3 is 0 Å². The molecule has 0 saturated carbocycles. The van der Waals surface area contributed by atoms with Gasteiger partial charge in [0.25, 0.3) is 0 Å². The summed E-state index contributed by atoms with van der Waals surface area (Å²) in [5, 5.41) is 16.7. The van der Waals surface area contributed by atoms with E-state index < -0.39 is 12.4 Å². The molecule has 0 aliphatic rings. The number of nitrogens with one attached hydrogen (secondary N) is 1. The van der Waals surface area contributed by atoms with Crippen LogP contribution in [0.2, 0.25) is 5.02 Å². The standard InChI is InChI=1S/C13H12ClN5O2/c1-18-10(11(21)7-20)5-12(17-18)16-9-4-8(14)6-19-3-2-15-13(9)19/h2-6,20H,7H2,1H3,(H,16,17). The molecule has 3 aromatic heterocycles. The molecule has 0 bridgehead atoms. The second kappa shape index (κ2) is 5.19. The predicted octanol–water partition coefficient (Wildman–Crippen LogP) is 1.64. The Morgan fingerprint density at radius 3 is 3.05 bits per heavy atom. The quantitative estimate of drug-likeness (QED) is 0.716. The molecule has 8 heteroatoms. The molecule has 0 unspecified atom stereocenters. The molecule has 0 amide bonds. The van der Waals surface area contributed by atoms with Crippen LogP contribution in [0.4, 0.5) is 11.5 Å². The number of ketones is 1. The number of nitrogens with zero attached hydrogens (tertiary/aromatic N) is 4. The molecule has 0 radical (unpaired) electrons. The summed E-state index contributed by atoms with van der Waals surface area (Å²) in [5.41, 5.74) is 1.69. The van der Waals surface area contributed by atoms with Gasteiger partial charge in [-0.25, -0.2) is 4.98 Å². The Balaban J connectivity index is 1.99. The monoisotopic (exact) mass is 305 g/mol. The van der Waals surface area contributed by atoms with Gasteiger partial charge in [0.1, 0.15) is 12.3 Å². The first-order valence-electron chi connectivity index (χ1n) is 6.16. The Labute approximate surface area is 124 Å². The topological polar surface area (TPSA) is 84.5 Å². The summed E-state index contributed by atoms with van der Waals surface area (Å²) < 4.78 is 3.20. The van der Waals surface area contributed by atoms with Crippen LogP contribution in [0.5, 0.6) is 0 Å². The molecule has 0 atom stereocenters. The highest BCUT2D eigenvalue weighted by Gasteiger charge is 2.13. The zero-order chi connectivity index (χ0) is 15.0. The van der Waals surface area contributed by atoms with E-state index in [1.165, 1.54) is 4.68 Å². The molecule has 7 nitrogen and oxygen atoms in total. The summed E-state index contributed by atoms with van der Waals surface area (Å²) in [6.07, 6.45) is 5.19. The van der Waals surface area contributed by atoms with Gasteiger partial charge in [0.2, 0.25) is 5.78 Å². The van der Waals surface area contributed by atoms with E-state index in [2.05, 4.69) is 15.4 Å². The van der Waals surface area contributed by atoms with Crippen LogP contribution in [0.25, 0.3) is 5.65 Å². The number of aliphatic hydroxyl groups excluding tert-OH is 1. The number of hydrogen-bond donors (Lipinski definition) is 2. The third kappa shape index (κ3) is 2.48. The zero-order valence-corrected chi connectivity index (χ0v) is 11.9. The van der Waals surface area contributed by atoms with Gasteiger partial charge in [-0.1, -0.05) is 11.6 Å². The van der Waals surface area contributed by atoms with Gasteiger partial charge in [-0.2, -0.15) is 5.10 Å². The van der Waals surface area contributed by atoms with Gasteiger partial charge < -0.3 is 14.8 Å². The lowest BCUT2D eigenvalue weighted by atomic mass is 10.3. The Morgan fingerprint density at radius 1 is 1.48 bits per heavy atom. The van der Waals surface area contributed by atoms with Gasteiger partial charge in [-0.3, -0.25) is 9.48 Å². The van der Waals surface area contributed by atoms with Crippen molar-refractivity contribution in [3.63, 3.8) is 0 Å². The largest absolute Gasteiger partial charge is 0.388 e. The van der Waals surface area contributed by atoms with Crippen LogP contribution < -0.4 is 5.32 Å². The summed E-state index contributed by atoms with van der Waals surface area (Å²) in [4.78, 5) is 15.8. The second-order valence-corrected chi connectivity index (χ2v) is 4.91. The number of aryl methyl sites for hydroxylation is 1. The van der Waals surface area contributed by atoms with Crippen molar-refractivity contribution in [2.75, 3.05) is 11.9 Å². The third-order valence-corrected chi connectivity index (χ3v) is 3.23. The van der Waals surface area contributed by atoms with Crippen molar-refractivity contribution in [1.29, 1.82) is 0 Å². The molecule has 3 heterocycles. The van der Waals surface area contributed by atoms with E-state index in [1.807, 2.05) is 0 Å². The number of pyridine rings is 1. The van der Waals surface area contributed by atoms with Crippen LogP contribution >= 0.6 is 11.6 Å². The summed E-state index contributed by atoms with van der Waals surface area (Å²) in [6.45, 7) is -0.555. The van der Waals surface area contributed by atoms with Crippen LogP contribution in [-0.4, -0.2) is 36.7 Å². The number of aliphatic hydroxyl groups is 1. The smallest absolute Gasteiger partial charge is 0.206 e. The number of halogens is 1. The summed E-state index contributed by atoms with van der Waals surface area (Å²) >= 11 is 6.05. The fraction of sp³-hybridized carbons (Fsp3) is 0.154. The van der Waals surface area contributed by atoms with E-state index in [-0.39, 0.29) is 0 Å². The third-order valence-electron chi connectivity index (χ3n) is 3.03. The highest BCUT2D eigenvalue weighted by Crippen LogP contribution is 2.24. The summed E-state index contributed by atoms with van der Waals surface area (Å²) in [7, 11) is 1.64. The number of carbonyl (C=O) groups is 1. The van der Waals surface area contributed by atoms with Gasteiger partial charge in [-0.05, 0) is 6.07 Å². The molecule has 0 fully saturated rings. The maximum Gasteiger partial charge on any atom is 0.206 e. The first kappa shape index (κ1) is 13.6. The molecule has 0 spiro atoms. The molecule has 108 valence electrons. The number of carbonyl (C=O) groups excluding carboxylic acids is 1. The number of Topliss-reactive ketones (excluding diaryl/α,β-unsaturated/α-hetero) is 1. The molecular formula is C13H12ClN5O2. The van der Waals surface area contributed by atoms with Crippen molar-refractivity contribution >= 4 is 34.5 Å².